The van der Waals surface area contributed by atoms with Gasteiger partial charge in [-0.25, -0.2) is 9.97 Å². The van der Waals surface area contributed by atoms with Crippen LogP contribution < -0.4 is 11.5 Å². The summed E-state index contributed by atoms with van der Waals surface area (Å²) in [7, 11) is 0. The molecule has 16 nitrogen and oxygen atoms in total. The highest BCUT2D eigenvalue weighted by Crippen LogP contribution is 2.32. The molecule has 4 aromatic heterocycles. The van der Waals surface area contributed by atoms with E-state index >= 15 is 0 Å². The van der Waals surface area contributed by atoms with Crippen LogP contribution in [0.5, 0.6) is 0 Å². The largest absolute Gasteiger partial charge is 0.394 e. The zero-order valence-corrected chi connectivity index (χ0v) is 19.5. The maximum absolute atomic E-state index is 13.2. The lowest BCUT2D eigenvalue weighted by Crippen LogP contribution is -2.24. The van der Waals surface area contributed by atoms with Gasteiger partial charge in [-0.2, -0.15) is 28.7 Å². The number of imidazole rings is 2. The van der Waals surface area contributed by atoms with Crippen LogP contribution in [0.3, 0.4) is 0 Å². The van der Waals surface area contributed by atoms with Gasteiger partial charge < -0.3 is 41.4 Å². The van der Waals surface area contributed by atoms with E-state index < -0.39 is 49.0 Å². The molecule has 0 radical (unpaired) electrons. The normalized spacial score (nSPS) is 27.2. The second-order valence-electron chi connectivity index (χ2n) is 8.63. The predicted molar refractivity (Wildman–Crippen MR) is 123 cm³/mol. The maximum atomic E-state index is 13.2. The SMILES string of the molecule is Nc1nc(F)nc2c1ncn2[C@H]1C[C@H](O)[C@@H](CO)O1.Nc1nc(F)nc2c1ncn2[C@H]1C[C@H](O)[C@@H](CO)O1. The van der Waals surface area contributed by atoms with Gasteiger partial charge in [0.15, 0.2) is 34.0 Å². The molecule has 2 aliphatic heterocycles. The van der Waals surface area contributed by atoms with Gasteiger partial charge in [-0.05, 0) is 0 Å². The molecule has 204 valence electrons. The van der Waals surface area contributed by atoms with E-state index in [1.165, 1.54) is 21.8 Å². The van der Waals surface area contributed by atoms with Crippen molar-refractivity contribution < 1.29 is 38.7 Å². The van der Waals surface area contributed by atoms with Crippen LogP contribution in [0.1, 0.15) is 25.3 Å². The standard InChI is InChI=1S/2C10H12FN5O3/c2*11-10-14-8(12)7-9(15-10)16(3-13-7)6-1-4(18)5(2-17)19-6/h2*3-6,17-18H,1-2H2,(H2,12,14,15)/t2*4-,5+,6+/m00/s1. The minimum absolute atomic E-state index is 0.0569. The average Bonchev–Trinajstić information content (AvgIpc) is 3.64. The Hall–Kier alpha value is -3.68. The fourth-order valence-electron chi connectivity index (χ4n) is 4.34. The first-order chi connectivity index (χ1) is 18.2. The molecule has 6 heterocycles. The van der Waals surface area contributed by atoms with Crippen LogP contribution in [0, 0.1) is 12.2 Å². The summed E-state index contributed by atoms with van der Waals surface area (Å²) < 4.78 is 40.2. The first kappa shape index (κ1) is 25.9. The van der Waals surface area contributed by atoms with Gasteiger partial charge in [0.1, 0.15) is 24.7 Å². The van der Waals surface area contributed by atoms with Crippen molar-refractivity contribution in [2.75, 3.05) is 24.7 Å². The van der Waals surface area contributed by atoms with Gasteiger partial charge in [-0.1, -0.05) is 0 Å². The van der Waals surface area contributed by atoms with E-state index in [1.807, 2.05) is 0 Å². The lowest BCUT2D eigenvalue weighted by atomic mass is 10.2. The summed E-state index contributed by atoms with van der Waals surface area (Å²) in [4.78, 5) is 22.0. The summed E-state index contributed by atoms with van der Waals surface area (Å²) in [6.07, 6.45) is -2.71. The van der Waals surface area contributed by atoms with Crippen molar-refractivity contribution in [3.05, 3.63) is 24.8 Å². The van der Waals surface area contributed by atoms with Crippen LogP contribution >= 0.6 is 0 Å². The summed E-state index contributed by atoms with van der Waals surface area (Å²) in [5.41, 5.74) is 12.0. The minimum Gasteiger partial charge on any atom is -0.394 e. The molecular weight excluding hydrogens is 514 g/mol. The number of nitrogens with two attached hydrogens (primary N) is 2. The molecule has 2 saturated heterocycles. The Morgan fingerprint density at radius 1 is 0.763 bits per heavy atom. The van der Waals surface area contributed by atoms with Crippen LogP contribution in [0.4, 0.5) is 20.4 Å². The van der Waals surface area contributed by atoms with E-state index in [0.717, 1.165) is 0 Å². The predicted octanol–water partition coefficient (Wildman–Crippen LogP) is -1.62. The van der Waals surface area contributed by atoms with Crippen LogP contribution in [0.25, 0.3) is 22.3 Å². The van der Waals surface area contributed by atoms with Gasteiger partial charge >= 0.3 is 12.2 Å². The third-order valence-corrected chi connectivity index (χ3v) is 6.23. The first-order valence-electron chi connectivity index (χ1n) is 11.4. The Balaban J connectivity index is 0.000000155. The molecule has 6 atom stereocenters. The van der Waals surface area contributed by atoms with Crippen molar-refractivity contribution in [1.29, 1.82) is 0 Å². The Bertz CT molecular complexity index is 1340. The molecule has 6 rings (SSSR count). The van der Waals surface area contributed by atoms with Gasteiger partial charge in [-0.3, -0.25) is 9.13 Å². The van der Waals surface area contributed by atoms with Crippen LogP contribution in [-0.4, -0.2) is 97.1 Å². The summed E-state index contributed by atoms with van der Waals surface area (Å²) in [6, 6.07) is 0. The zero-order valence-electron chi connectivity index (χ0n) is 19.5. The van der Waals surface area contributed by atoms with Crippen LogP contribution in [0.2, 0.25) is 0 Å². The summed E-state index contributed by atoms with van der Waals surface area (Å²) in [6.45, 7) is -0.592. The Morgan fingerprint density at radius 3 is 1.50 bits per heavy atom. The van der Waals surface area contributed by atoms with Crippen molar-refractivity contribution >= 4 is 34.0 Å². The molecule has 38 heavy (non-hydrogen) atoms. The average molecular weight is 538 g/mol. The molecule has 0 bridgehead atoms. The lowest BCUT2D eigenvalue weighted by molar-refractivity contribution is -0.0432. The molecule has 0 amide bonds. The van der Waals surface area contributed by atoms with E-state index in [2.05, 4.69) is 29.9 Å². The molecule has 8 N–H and O–H groups in total. The first-order valence-corrected chi connectivity index (χ1v) is 11.4. The Kier molecular flexibility index (Phi) is 6.99. The minimum atomic E-state index is -0.955. The maximum Gasteiger partial charge on any atom is 0.312 e. The van der Waals surface area contributed by atoms with Crippen molar-refractivity contribution in [2.24, 2.45) is 0 Å². The quantitative estimate of drug-likeness (QED) is 0.160. The number of aliphatic hydroxyl groups is 4. The molecule has 18 heteroatoms. The fourth-order valence-corrected chi connectivity index (χ4v) is 4.34. The van der Waals surface area contributed by atoms with Crippen LogP contribution in [-0.2, 0) is 9.47 Å². The third kappa shape index (κ3) is 4.68. The summed E-state index contributed by atoms with van der Waals surface area (Å²) >= 11 is 0. The number of fused-ring (bicyclic) bond motifs is 2. The summed E-state index contributed by atoms with van der Waals surface area (Å²) in [5, 5.41) is 37.5. The van der Waals surface area contributed by atoms with Crippen LogP contribution in [0.15, 0.2) is 12.7 Å². The fraction of sp³-hybridized carbons (Fsp3) is 0.500. The van der Waals surface area contributed by atoms with Crippen molar-refractivity contribution in [1.82, 2.24) is 39.0 Å². The van der Waals surface area contributed by atoms with E-state index in [0.29, 0.717) is 0 Å². The topological polar surface area (TPSA) is 239 Å². The Labute approximate surface area is 211 Å². The molecule has 0 aromatic carbocycles. The summed E-state index contributed by atoms with van der Waals surface area (Å²) in [5.74, 6) is -0.114. The monoisotopic (exact) mass is 538 g/mol. The number of hydrogen-bond acceptors (Lipinski definition) is 14. The second kappa shape index (κ2) is 10.2. The molecule has 0 saturated carbocycles. The van der Waals surface area contributed by atoms with E-state index in [9.17, 15) is 19.0 Å². The molecular formula is C20H24F2N10O6. The number of nitrogens with zero attached hydrogens (tertiary/aromatic N) is 8. The van der Waals surface area contributed by atoms with E-state index in [4.69, 9.17) is 31.2 Å². The highest BCUT2D eigenvalue weighted by Gasteiger charge is 2.36. The number of halogens is 2. The zero-order chi connectivity index (χ0) is 27.1. The molecule has 0 aliphatic carbocycles. The highest BCUT2D eigenvalue weighted by molar-refractivity contribution is 5.81. The number of aromatic nitrogens is 8. The van der Waals surface area contributed by atoms with E-state index in [1.54, 1.807) is 0 Å². The smallest absolute Gasteiger partial charge is 0.312 e. The number of ether oxygens (including phenoxy) is 2. The number of aliphatic hydroxyl groups excluding tert-OH is 4. The highest BCUT2D eigenvalue weighted by atomic mass is 19.1. The van der Waals surface area contributed by atoms with Crippen molar-refractivity contribution in [3.63, 3.8) is 0 Å². The lowest BCUT2D eigenvalue weighted by Gasteiger charge is -2.13. The van der Waals surface area contributed by atoms with Gasteiger partial charge in [0.25, 0.3) is 0 Å². The van der Waals surface area contributed by atoms with Gasteiger partial charge in [-0.15, -0.1) is 0 Å². The van der Waals surface area contributed by atoms with Crippen molar-refractivity contribution in [2.45, 2.75) is 49.7 Å². The van der Waals surface area contributed by atoms with Gasteiger partial charge in [0, 0.05) is 12.8 Å². The molecule has 2 fully saturated rings. The third-order valence-electron chi connectivity index (χ3n) is 6.23. The molecule has 0 spiro atoms. The second-order valence-corrected chi connectivity index (χ2v) is 8.63. The number of rotatable bonds is 4. The molecule has 4 aromatic rings. The Morgan fingerprint density at radius 2 is 1.16 bits per heavy atom. The molecule has 0 unspecified atom stereocenters. The number of hydrogen-bond donors (Lipinski definition) is 6. The van der Waals surface area contributed by atoms with Crippen molar-refractivity contribution in [3.8, 4) is 0 Å². The van der Waals surface area contributed by atoms with Gasteiger partial charge in [0.2, 0.25) is 0 Å². The number of anilines is 2. The van der Waals surface area contributed by atoms with E-state index in [-0.39, 0.29) is 60.0 Å². The number of nitrogen functional groups attached to an aromatic ring is 2. The molecule has 2 aliphatic rings. The van der Waals surface area contributed by atoms with Gasteiger partial charge in [0.05, 0.1) is 38.1 Å².